The first kappa shape index (κ1) is 17.6. The highest BCUT2D eigenvalue weighted by Gasteiger charge is 2.15. The number of rotatable bonds is 6. The number of halogens is 1. The number of ether oxygens (including phenoxy) is 1. The molecule has 2 heterocycles. The molecule has 0 aliphatic carbocycles. The fourth-order valence-electron chi connectivity index (χ4n) is 2.34. The number of methoxy groups -OCH3 is 1. The van der Waals surface area contributed by atoms with Gasteiger partial charge in [-0.1, -0.05) is 36.8 Å². The summed E-state index contributed by atoms with van der Waals surface area (Å²) in [6, 6.07) is 5.09. The second kappa shape index (κ2) is 7.37. The maximum atomic E-state index is 12.2. The van der Waals surface area contributed by atoms with Gasteiger partial charge in [0.2, 0.25) is 10.9 Å². The van der Waals surface area contributed by atoms with E-state index < -0.39 is 0 Å². The summed E-state index contributed by atoms with van der Waals surface area (Å²) in [5, 5.41) is 17.0. The molecule has 9 heteroatoms. The van der Waals surface area contributed by atoms with E-state index in [2.05, 4.69) is 20.6 Å². The summed E-state index contributed by atoms with van der Waals surface area (Å²) in [5.74, 6) is 1.50. The molecule has 132 valence electrons. The predicted octanol–water partition coefficient (Wildman–Crippen LogP) is 3.54. The zero-order chi connectivity index (χ0) is 18.0. The molecule has 0 saturated heterocycles. The normalized spacial score (nSPS) is 11.2. The number of benzene rings is 1. The van der Waals surface area contributed by atoms with Crippen molar-refractivity contribution in [2.45, 2.75) is 32.6 Å². The summed E-state index contributed by atoms with van der Waals surface area (Å²) in [5.41, 5.74) is 0.556. The van der Waals surface area contributed by atoms with Crippen molar-refractivity contribution in [3.63, 3.8) is 0 Å². The van der Waals surface area contributed by atoms with Crippen LogP contribution in [0.3, 0.4) is 0 Å². The number of hydrogen-bond donors (Lipinski definition) is 1. The molecule has 0 fully saturated rings. The molecule has 25 heavy (non-hydrogen) atoms. The third-order valence-electron chi connectivity index (χ3n) is 3.57. The first-order valence-electron chi connectivity index (χ1n) is 7.82. The number of carbonyl (C=O) groups excluding carboxylic acids is 1. The molecule has 0 bridgehead atoms. The summed E-state index contributed by atoms with van der Waals surface area (Å²) in [4.78, 5) is 13.0. The van der Waals surface area contributed by atoms with Crippen LogP contribution in [0.4, 0.5) is 5.69 Å². The largest absolute Gasteiger partial charge is 0.495 e. The third-order valence-corrected chi connectivity index (χ3v) is 4.77. The molecule has 3 rings (SSSR count). The number of carbonyl (C=O) groups is 1. The average molecular weight is 380 g/mol. The lowest BCUT2D eigenvalue weighted by atomic mass is 10.2. The van der Waals surface area contributed by atoms with Gasteiger partial charge >= 0.3 is 0 Å². The minimum Gasteiger partial charge on any atom is -0.495 e. The average Bonchev–Trinajstić information content (AvgIpc) is 3.12. The van der Waals surface area contributed by atoms with Crippen molar-refractivity contribution >= 4 is 39.5 Å². The van der Waals surface area contributed by atoms with Gasteiger partial charge in [0.1, 0.15) is 10.8 Å². The number of amides is 1. The van der Waals surface area contributed by atoms with E-state index >= 15 is 0 Å². The lowest BCUT2D eigenvalue weighted by Gasteiger charge is -2.10. The van der Waals surface area contributed by atoms with Crippen LogP contribution in [-0.4, -0.2) is 32.8 Å². The SMILES string of the molecule is COc1ccc(Cl)cc1NC(=O)CCc1nn2c(C(C)C)nnc2s1. The van der Waals surface area contributed by atoms with Crippen LogP contribution in [0.5, 0.6) is 5.75 Å². The first-order valence-corrected chi connectivity index (χ1v) is 9.01. The summed E-state index contributed by atoms with van der Waals surface area (Å²) >= 11 is 7.42. The van der Waals surface area contributed by atoms with Crippen LogP contribution in [0.25, 0.3) is 4.96 Å². The van der Waals surface area contributed by atoms with Crippen molar-refractivity contribution in [2.24, 2.45) is 0 Å². The monoisotopic (exact) mass is 379 g/mol. The molecule has 1 amide bonds. The van der Waals surface area contributed by atoms with Gasteiger partial charge in [-0.3, -0.25) is 4.79 Å². The van der Waals surface area contributed by atoms with Gasteiger partial charge in [-0.2, -0.15) is 9.61 Å². The van der Waals surface area contributed by atoms with E-state index in [4.69, 9.17) is 16.3 Å². The first-order chi connectivity index (χ1) is 12.0. The molecule has 0 aliphatic rings. The molecule has 0 spiro atoms. The van der Waals surface area contributed by atoms with E-state index in [9.17, 15) is 4.79 Å². The highest BCUT2D eigenvalue weighted by Crippen LogP contribution is 2.28. The van der Waals surface area contributed by atoms with Crippen LogP contribution in [-0.2, 0) is 11.2 Å². The van der Waals surface area contributed by atoms with Crippen molar-refractivity contribution < 1.29 is 9.53 Å². The molecule has 7 nitrogen and oxygen atoms in total. The Hall–Kier alpha value is -2.19. The topological polar surface area (TPSA) is 81.4 Å². The molecule has 0 radical (unpaired) electrons. The number of aromatic nitrogens is 4. The molecule has 1 N–H and O–H groups in total. The van der Waals surface area contributed by atoms with Crippen LogP contribution in [0.15, 0.2) is 18.2 Å². The number of nitrogens with one attached hydrogen (secondary N) is 1. The van der Waals surface area contributed by atoms with Crippen LogP contribution >= 0.6 is 22.9 Å². The van der Waals surface area contributed by atoms with Gasteiger partial charge in [0.15, 0.2) is 5.82 Å². The Kier molecular flexibility index (Phi) is 5.19. The van der Waals surface area contributed by atoms with Gasteiger partial charge in [0.25, 0.3) is 0 Å². The third kappa shape index (κ3) is 3.91. The molecule has 0 saturated carbocycles. The van der Waals surface area contributed by atoms with Gasteiger partial charge in [-0.05, 0) is 18.2 Å². The zero-order valence-corrected chi connectivity index (χ0v) is 15.7. The Labute approximate surface area is 154 Å². The second-order valence-electron chi connectivity index (χ2n) is 5.80. The van der Waals surface area contributed by atoms with E-state index in [1.54, 1.807) is 29.8 Å². The van der Waals surface area contributed by atoms with Gasteiger partial charge in [-0.15, -0.1) is 10.2 Å². The van der Waals surface area contributed by atoms with Crippen molar-refractivity contribution in [1.82, 2.24) is 19.8 Å². The number of anilines is 1. The number of aryl methyl sites for hydroxylation is 1. The van der Waals surface area contributed by atoms with Gasteiger partial charge in [-0.25, -0.2) is 0 Å². The lowest BCUT2D eigenvalue weighted by Crippen LogP contribution is -2.13. The van der Waals surface area contributed by atoms with E-state index in [0.29, 0.717) is 29.3 Å². The molecule has 3 aromatic rings. The van der Waals surface area contributed by atoms with Gasteiger partial charge in [0.05, 0.1) is 12.8 Å². The zero-order valence-electron chi connectivity index (χ0n) is 14.1. The Morgan fingerprint density at radius 2 is 2.20 bits per heavy atom. The quantitative estimate of drug-likeness (QED) is 0.708. The Morgan fingerprint density at radius 1 is 1.40 bits per heavy atom. The summed E-state index contributed by atoms with van der Waals surface area (Å²) in [6.07, 6.45) is 0.830. The molecule has 2 aromatic heterocycles. The predicted molar refractivity (Wildman–Crippen MR) is 97.7 cm³/mol. The van der Waals surface area contributed by atoms with E-state index in [-0.39, 0.29) is 11.8 Å². The molecular formula is C16H18ClN5O2S. The standard InChI is InChI=1S/C16H18ClN5O2S/c1-9(2)15-19-20-16-22(15)21-14(25-16)7-6-13(23)18-11-8-10(17)4-5-12(11)24-3/h4-5,8-9H,6-7H2,1-3H3,(H,18,23). The summed E-state index contributed by atoms with van der Waals surface area (Å²) in [7, 11) is 1.55. The lowest BCUT2D eigenvalue weighted by molar-refractivity contribution is -0.116. The van der Waals surface area contributed by atoms with Crippen molar-refractivity contribution in [2.75, 3.05) is 12.4 Å². The molecule has 0 atom stereocenters. The Bertz CT molecular complexity index is 905. The molecular weight excluding hydrogens is 362 g/mol. The minimum absolute atomic E-state index is 0.129. The maximum absolute atomic E-state index is 12.2. The number of nitrogens with zero attached hydrogens (tertiary/aromatic N) is 4. The fraction of sp³-hybridized carbons (Fsp3) is 0.375. The van der Waals surface area contributed by atoms with Crippen molar-refractivity contribution in [3.05, 3.63) is 34.1 Å². The van der Waals surface area contributed by atoms with Gasteiger partial charge in [0, 0.05) is 23.8 Å². The fourth-order valence-corrected chi connectivity index (χ4v) is 3.36. The highest BCUT2D eigenvalue weighted by molar-refractivity contribution is 7.16. The van der Waals surface area contributed by atoms with Crippen molar-refractivity contribution in [3.8, 4) is 5.75 Å². The Balaban J connectivity index is 1.65. The molecule has 1 aromatic carbocycles. The van der Waals surface area contributed by atoms with E-state index in [1.165, 1.54) is 11.3 Å². The van der Waals surface area contributed by atoms with Crippen molar-refractivity contribution in [1.29, 1.82) is 0 Å². The smallest absolute Gasteiger partial charge is 0.234 e. The number of fused-ring (bicyclic) bond motifs is 1. The second-order valence-corrected chi connectivity index (χ2v) is 7.27. The van der Waals surface area contributed by atoms with E-state index in [0.717, 1.165) is 15.8 Å². The van der Waals surface area contributed by atoms with Crippen LogP contribution in [0.2, 0.25) is 5.02 Å². The maximum Gasteiger partial charge on any atom is 0.234 e. The van der Waals surface area contributed by atoms with Crippen LogP contribution in [0.1, 0.15) is 37.0 Å². The highest BCUT2D eigenvalue weighted by atomic mass is 35.5. The van der Waals surface area contributed by atoms with Gasteiger partial charge < -0.3 is 10.1 Å². The number of hydrogen-bond acceptors (Lipinski definition) is 6. The summed E-state index contributed by atoms with van der Waals surface area (Å²) in [6.45, 7) is 4.09. The minimum atomic E-state index is -0.129. The van der Waals surface area contributed by atoms with Crippen LogP contribution in [0, 0.1) is 0 Å². The molecule has 0 aliphatic heterocycles. The summed E-state index contributed by atoms with van der Waals surface area (Å²) < 4.78 is 6.98. The van der Waals surface area contributed by atoms with Crippen LogP contribution < -0.4 is 10.1 Å². The molecule has 0 unspecified atom stereocenters. The van der Waals surface area contributed by atoms with E-state index in [1.807, 2.05) is 13.8 Å². The Morgan fingerprint density at radius 3 is 2.92 bits per heavy atom.